The Morgan fingerprint density at radius 3 is 2.13 bits per heavy atom. The Morgan fingerprint density at radius 2 is 1.73 bits per heavy atom. The maximum atomic E-state index is 12.5. The van der Waals surface area contributed by atoms with Crippen molar-refractivity contribution >= 4 is 11.6 Å². The molecule has 1 unspecified atom stereocenters. The summed E-state index contributed by atoms with van der Waals surface area (Å²) < 4.78 is 37.6. The molecule has 1 aromatic rings. The Balaban J connectivity index is 2.94. The van der Waals surface area contributed by atoms with Gasteiger partial charge in [0.1, 0.15) is 0 Å². The van der Waals surface area contributed by atoms with E-state index in [0.29, 0.717) is 5.02 Å². The fourth-order valence-electron chi connectivity index (χ4n) is 1.34. The molecule has 0 spiro atoms. The van der Waals surface area contributed by atoms with E-state index in [1.807, 2.05) is 0 Å². The van der Waals surface area contributed by atoms with E-state index in [1.54, 1.807) is 0 Å². The van der Waals surface area contributed by atoms with Gasteiger partial charge < -0.3 is 5.11 Å². The van der Waals surface area contributed by atoms with Gasteiger partial charge in [0.15, 0.2) is 0 Å². The maximum absolute atomic E-state index is 12.5. The molecule has 0 radical (unpaired) electrons. The molecule has 0 aliphatic carbocycles. The van der Waals surface area contributed by atoms with Crippen LogP contribution in [-0.4, -0.2) is 17.9 Å². The molecule has 1 N–H and O–H groups in total. The van der Waals surface area contributed by atoms with Crippen molar-refractivity contribution in [1.82, 2.24) is 0 Å². The largest absolute Gasteiger partial charge is 0.396 e. The van der Waals surface area contributed by atoms with Crippen LogP contribution in [0.3, 0.4) is 0 Å². The first kappa shape index (κ1) is 12.3. The van der Waals surface area contributed by atoms with Crippen LogP contribution >= 0.6 is 11.6 Å². The van der Waals surface area contributed by atoms with Gasteiger partial charge in [0, 0.05) is 11.6 Å². The van der Waals surface area contributed by atoms with Gasteiger partial charge in [0.05, 0.1) is 5.92 Å². The summed E-state index contributed by atoms with van der Waals surface area (Å²) in [6.45, 7) is -0.493. The van der Waals surface area contributed by atoms with Gasteiger partial charge in [-0.2, -0.15) is 13.2 Å². The van der Waals surface area contributed by atoms with Crippen molar-refractivity contribution < 1.29 is 18.3 Å². The summed E-state index contributed by atoms with van der Waals surface area (Å²) in [4.78, 5) is 0. The van der Waals surface area contributed by atoms with Crippen molar-refractivity contribution in [1.29, 1.82) is 0 Å². The summed E-state index contributed by atoms with van der Waals surface area (Å²) in [5, 5.41) is 8.98. The minimum Gasteiger partial charge on any atom is -0.396 e. The Bertz CT molecular complexity index is 307. The first-order chi connectivity index (χ1) is 6.95. The third kappa shape index (κ3) is 3.39. The molecule has 15 heavy (non-hydrogen) atoms. The minimum absolute atomic E-state index is 0.126. The lowest BCUT2D eigenvalue weighted by molar-refractivity contribution is -0.153. The zero-order chi connectivity index (χ0) is 11.5. The van der Waals surface area contributed by atoms with Crippen molar-refractivity contribution in [3.63, 3.8) is 0 Å². The summed E-state index contributed by atoms with van der Waals surface area (Å²) in [5.41, 5.74) is 0.126. The molecular weight excluding hydrogens is 229 g/mol. The van der Waals surface area contributed by atoms with E-state index in [2.05, 4.69) is 0 Å². The van der Waals surface area contributed by atoms with Crippen LogP contribution in [-0.2, 0) is 0 Å². The molecule has 1 atom stereocenters. The average molecular weight is 239 g/mol. The quantitative estimate of drug-likeness (QED) is 0.856. The SMILES string of the molecule is OCCC(c1ccc(Cl)cc1)C(F)(F)F. The number of halogens is 4. The molecule has 0 fully saturated rings. The molecule has 0 heterocycles. The van der Waals surface area contributed by atoms with Crippen LogP contribution in [0.1, 0.15) is 17.9 Å². The second-order valence-electron chi connectivity index (χ2n) is 3.16. The van der Waals surface area contributed by atoms with Gasteiger partial charge in [-0.05, 0) is 24.1 Å². The molecule has 0 amide bonds. The van der Waals surface area contributed by atoms with Crippen LogP contribution in [0.5, 0.6) is 0 Å². The van der Waals surface area contributed by atoms with Crippen molar-refractivity contribution in [2.75, 3.05) is 6.61 Å². The molecule has 1 nitrogen and oxygen atoms in total. The van der Waals surface area contributed by atoms with Crippen molar-refractivity contribution in [3.8, 4) is 0 Å². The lowest BCUT2D eigenvalue weighted by Gasteiger charge is -2.19. The first-order valence-electron chi connectivity index (χ1n) is 4.38. The highest BCUT2D eigenvalue weighted by Gasteiger charge is 2.39. The van der Waals surface area contributed by atoms with Gasteiger partial charge in [-0.3, -0.25) is 0 Å². The first-order valence-corrected chi connectivity index (χ1v) is 4.76. The van der Waals surface area contributed by atoms with Gasteiger partial charge in [-0.15, -0.1) is 0 Å². The summed E-state index contributed by atoms with van der Waals surface area (Å²) in [5.74, 6) is -1.63. The third-order valence-electron chi connectivity index (χ3n) is 2.09. The van der Waals surface area contributed by atoms with Crippen LogP contribution in [0.15, 0.2) is 24.3 Å². The second-order valence-corrected chi connectivity index (χ2v) is 3.59. The monoisotopic (exact) mass is 238 g/mol. The van der Waals surface area contributed by atoms with E-state index in [-0.39, 0.29) is 12.0 Å². The normalized spacial score (nSPS) is 13.9. The number of alkyl halides is 3. The summed E-state index contributed by atoms with van der Waals surface area (Å²) >= 11 is 5.58. The number of hydrogen-bond acceptors (Lipinski definition) is 1. The van der Waals surface area contributed by atoms with Crippen LogP contribution in [0.25, 0.3) is 0 Å². The molecule has 0 aromatic heterocycles. The van der Waals surface area contributed by atoms with Crippen LogP contribution < -0.4 is 0 Å². The van der Waals surface area contributed by atoms with E-state index in [0.717, 1.165) is 0 Å². The molecule has 0 aliphatic heterocycles. The standard InChI is InChI=1S/C10H10ClF3O/c11-8-3-1-7(2-4-8)9(5-6-15)10(12,13)14/h1-4,9,15H,5-6H2. The number of aliphatic hydroxyl groups is 1. The maximum Gasteiger partial charge on any atom is 0.395 e. The van der Waals surface area contributed by atoms with E-state index >= 15 is 0 Å². The van der Waals surface area contributed by atoms with E-state index in [1.165, 1.54) is 24.3 Å². The average Bonchev–Trinajstić information content (AvgIpc) is 2.14. The fraction of sp³-hybridized carbons (Fsp3) is 0.400. The highest BCUT2D eigenvalue weighted by Crippen LogP contribution is 2.37. The smallest absolute Gasteiger partial charge is 0.395 e. The van der Waals surface area contributed by atoms with E-state index in [4.69, 9.17) is 16.7 Å². The Morgan fingerprint density at radius 1 is 1.20 bits per heavy atom. The van der Waals surface area contributed by atoms with Gasteiger partial charge in [-0.1, -0.05) is 23.7 Å². The van der Waals surface area contributed by atoms with Crippen LogP contribution in [0.2, 0.25) is 5.02 Å². The molecule has 0 bridgehead atoms. The van der Waals surface area contributed by atoms with Gasteiger partial charge in [0.25, 0.3) is 0 Å². The van der Waals surface area contributed by atoms with Gasteiger partial charge >= 0.3 is 6.18 Å². The Hall–Kier alpha value is -0.740. The van der Waals surface area contributed by atoms with Gasteiger partial charge in [-0.25, -0.2) is 0 Å². The minimum atomic E-state index is -4.34. The van der Waals surface area contributed by atoms with Gasteiger partial charge in [0.2, 0.25) is 0 Å². The molecule has 0 saturated heterocycles. The Kier molecular flexibility index (Phi) is 3.99. The lowest BCUT2D eigenvalue weighted by atomic mass is 9.95. The number of hydrogen-bond donors (Lipinski definition) is 1. The van der Waals surface area contributed by atoms with E-state index < -0.39 is 18.7 Å². The second kappa shape index (κ2) is 4.86. The predicted octanol–water partition coefficient (Wildman–Crippen LogP) is 3.37. The highest BCUT2D eigenvalue weighted by atomic mass is 35.5. The van der Waals surface area contributed by atoms with Crippen molar-refractivity contribution in [2.45, 2.75) is 18.5 Å². The fourth-order valence-corrected chi connectivity index (χ4v) is 1.47. The molecule has 5 heteroatoms. The summed E-state index contributed by atoms with van der Waals surface area (Å²) in [7, 11) is 0. The highest BCUT2D eigenvalue weighted by molar-refractivity contribution is 6.30. The third-order valence-corrected chi connectivity index (χ3v) is 2.34. The number of benzene rings is 1. The van der Waals surface area contributed by atoms with Crippen LogP contribution in [0, 0.1) is 0 Å². The molecule has 1 aromatic carbocycles. The van der Waals surface area contributed by atoms with E-state index in [9.17, 15) is 13.2 Å². The molecule has 0 saturated carbocycles. The summed E-state index contributed by atoms with van der Waals surface area (Å²) in [6, 6.07) is 5.48. The predicted molar refractivity (Wildman–Crippen MR) is 52.0 cm³/mol. The molecular formula is C10H10ClF3O. The van der Waals surface area contributed by atoms with Crippen molar-refractivity contribution in [3.05, 3.63) is 34.9 Å². The molecule has 84 valence electrons. The zero-order valence-electron chi connectivity index (χ0n) is 7.76. The van der Waals surface area contributed by atoms with Crippen molar-refractivity contribution in [2.24, 2.45) is 0 Å². The topological polar surface area (TPSA) is 20.2 Å². The zero-order valence-corrected chi connectivity index (χ0v) is 8.52. The number of rotatable bonds is 3. The molecule has 1 rings (SSSR count). The summed E-state index contributed by atoms with van der Waals surface area (Å²) in [6.07, 6.45) is -4.66. The van der Waals surface area contributed by atoms with Crippen LogP contribution in [0.4, 0.5) is 13.2 Å². The number of aliphatic hydroxyl groups excluding tert-OH is 1. The molecule has 0 aliphatic rings. The Labute approximate surface area is 90.5 Å². The lowest BCUT2D eigenvalue weighted by Crippen LogP contribution is -2.21.